The number of sulfonamides is 1. The lowest BCUT2D eigenvalue weighted by Crippen LogP contribution is -2.14. The smallest absolute Gasteiger partial charge is 0.238 e. The Morgan fingerprint density at radius 1 is 1.44 bits per heavy atom. The molecule has 16 heavy (non-hydrogen) atoms. The molecule has 0 saturated carbocycles. The van der Waals surface area contributed by atoms with E-state index < -0.39 is 10.0 Å². The first-order valence-electron chi connectivity index (χ1n) is 4.92. The van der Waals surface area contributed by atoms with Gasteiger partial charge in [0.2, 0.25) is 10.0 Å². The van der Waals surface area contributed by atoms with Gasteiger partial charge in [0.25, 0.3) is 0 Å². The summed E-state index contributed by atoms with van der Waals surface area (Å²) in [5.41, 5.74) is 0.774. The number of primary sulfonamides is 1. The van der Waals surface area contributed by atoms with Crippen LogP contribution in [-0.4, -0.2) is 22.1 Å². The van der Waals surface area contributed by atoms with Crippen molar-refractivity contribution >= 4 is 10.0 Å². The van der Waals surface area contributed by atoms with Gasteiger partial charge in [-0.3, -0.25) is 0 Å². The Bertz CT molecular complexity index is 457. The van der Waals surface area contributed by atoms with Crippen LogP contribution < -0.4 is 15.2 Å². The molecule has 0 spiro atoms. The van der Waals surface area contributed by atoms with Crippen LogP contribution in [0, 0.1) is 0 Å². The average Bonchev–Trinajstić information content (AvgIpc) is 2.19. The zero-order valence-electron chi connectivity index (χ0n) is 9.36. The number of nitrogens with one attached hydrogen (secondary N) is 1. The molecule has 6 heteroatoms. The predicted molar refractivity (Wildman–Crippen MR) is 61.7 cm³/mol. The summed E-state index contributed by atoms with van der Waals surface area (Å²) in [5.74, 6) is 0.671. The van der Waals surface area contributed by atoms with E-state index in [0.717, 1.165) is 5.56 Å². The molecule has 90 valence electrons. The van der Waals surface area contributed by atoms with Crippen LogP contribution in [0.5, 0.6) is 5.75 Å². The lowest BCUT2D eigenvalue weighted by atomic mass is 10.2. The Labute approximate surface area is 95.7 Å². The summed E-state index contributed by atoms with van der Waals surface area (Å²) in [5, 5.41) is 8.00. The van der Waals surface area contributed by atoms with Crippen molar-refractivity contribution in [1.82, 2.24) is 5.32 Å². The van der Waals surface area contributed by atoms with Crippen LogP contribution in [0.25, 0.3) is 0 Å². The van der Waals surface area contributed by atoms with E-state index in [1.807, 2.05) is 6.92 Å². The Kier molecular flexibility index (Phi) is 4.28. The van der Waals surface area contributed by atoms with Gasteiger partial charge in [-0.25, -0.2) is 13.6 Å². The Hall–Kier alpha value is -1.11. The van der Waals surface area contributed by atoms with Crippen molar-refractivity contribution < 1.29 is 13.2 Å². The van der Waals surface area contributed by atoms with Gasteiger partial charge in [-0.1, -0.05) is 0 Å². The van der Waals surface area contributed by atoms with Gasteiger partial charge in [-0.2, -0.15) is 0 Å². The number of ether oxygens (including phenoxy) is 1. The molecule has 0 aromatic heterocycles. The molecule has 1 aromatic rings. The molecule has 0 atom stereocenters. The Morgan fingerprint density at radius 3 is 2.62 bits per heavy atom. The van der Waals surface area contributed by atoms with Crippen LogP contribution in [-0.2, 0) is 16.6 Å². The molecule has 5 nitrogen and oxygen atoms in total. The SMILES string of the molecule is CCOc1ccc(S(N)(=O)=O)cc1CNC. The van der Waals surface area contributed by atoms with E-state index in [1.165, 1.54) is 12.1 Å². The van der Waals surface area contributed by atoms with E-state index in [1.54, 1.807) is 13.1 Å². The van der Waals surface area contributed by atoms with Crippen molar-refractivity contribution in [3.8, 4) is 5.75 Å². The van der Waals surface area contributed by atoms with Gasteiger partial charge in [0.15, 0.2) is 0 Å². The predicted octanol–water partition coefficient (Wildman–Crippen LogP) is 0.452. The summed E-state index contributed by atoms with van der Waals surface area (Å²) >= 11 is 0. The maximum atomic E-state index is 11.2. The van der Waals surface area contributed by atoms with Crippen LogP contribution in [0.3, 0.4) is 0 Å². The third-order valence-corrected chi connectivity index (χ3v) is 2.94. The molecule has 0 saturated heterocycles. The molecule has 0 unspecified atom stereocenters. The second-order valence-electron chi connectivity index (χ2n) is 3.28. The molecule has 0 aliphatic carbocycles. The van der Waals surface area contributed by atoms with Crippen LogP contribution in [0.2, 0.25) is 0 Å². The topological polar surface area (TPSA) is 81.4 Å². The van der Waals surface area contributed by atoms with E-state index in [4.69, 9.17) is 9.88 Å². The highest BCUT2D eigenvalue weighted by atomic mass is 32.2. The standard InChI is InChI=1S/C10H16N2O3S/c1-3-15-10-5-4-9(16(11,13)14)6-8(10)7-12-2/h4-6,12H,3,7H2,1-2H3,(H2,11,13,14). The summed E-state index contributed by atoms with van der Waals surface area (Å²) < 4.78 is 27.7. The molecule has 0 amide bonds. The first-order valence-corrected chi connectivity index (χ1v) is 6.46. The lowest BCUT2D eigenvalue weighted by molar-refractivity contribution is 0.335. The first kappa shape index (κ1) is 13.0. The fraction of sp³-hybridized carbons (Fsp3) is 0.400. The zero-order chi connectivity index (χ0) is 12.2. The van der Waals surface area contributed by atoms with E-state index in [-0.39, 0.29) is 4.90 Å². The van der Waals surface area contributed by atoms with Crippen molar-refractivity contribution in [2.24, 2.45) is 5.14 Å². The average molecular weight is 244 g/mol. The fourth-order valence-corrected chi connectivity index (χ4v) is 1.92. The molecule has 0 aliphatic heterocycles. The molecule has 0 bridgehead atoms. The second kappa shape index (κ2) is 5.29. The van der Waals surface area contributed by atoms with Crippen molar-refractivity contribution in [3.63, 3.8) is 0 Å². The van der Waals surface area contributed by atoms with Gasteiger partial charge in [-0.15, -0.1) is 0 Å². The van der Waals surface area contributed by atoms with Crippen LogP contribution in [0.15, 0.2) is 23.1 Å². The minimum absolute atomic E-state index is 0.0983. The zero-order valence-corrected chi connectivity index (χ0v) is 10.2. The van der Waals surface area contributed by atoms with Crippen molar-refractivity contribution in [3.05, 3.63) is 23.8 Å². The molecule has 0 fully saturated rings. The van der Waals surface area contributed by atoms with E-state index in [9.17, 15) is 8.42 Å². The van der Waals surface area contributed by atoms with Gasteiger partial charge >= 0.3 is 0 Å². The molecular weight excluding hydrogens is 228 g/mol. The third-order valence-electron chi connectivity index (χ3n) is 2.03. The van der Waals surface area contributed by atoms with E-state index >= 15 is 0 Å². The van der Waals surface area contributed by atoms with Crippen LogP contribution in [0.4, 0.5) is 0 Å². The van der Waals surface area contributed by atoms with Crippen molar-refractivity contribution in [1.29, 1.82) is 0 Å². The van der Waals surface area contributed by atoms with Crippen molar-refractivity contribution in [2.45, 2.75) is 18.4 Å². The minimum atomic E-state index is -3.66. The van der Waals surface area contributed by atoms with Crippen LogP contribution in [0.1, 0.15) is 12.5 Å². The van der Waals surface area contributed by atoms with Gasteiger partial charge in [-0.05, 0) is 32.2 Å². The number of hydrogen-bond acceptors (Lipinski definition) is 4. The number of rotatable bonds is 5. The highest BCUT2D eigenvalue weighted by molar-refractivity contribution is 7.89. The molecule has 0 aliphatic rings. The summed E-state index contributed by atoms with van der Waals surface area (Å²) in [4.78, 5) is 0.0983. The van der Waals surface area contributed by atoms with Gasteiger partial charge < -0.3 is 10.1 Å². The van der Waals surface area contributed by atoms with Crippen molar-refractivity contribution in [2.75, 3.05) is 13.7 Å². The van der Waals surface area contributed by atoms with Gasteiger partial charge in [0.05, 0.1) is 11.5 Å². The number of hydrogen-bond donors (Lipinski definition) is 2. The highest BCUT2D eigenvalue weighted by Gasteiger charge is 2.11. The maximum absolute atomic E-state index is 11.2. The largest absolute Gasteiger partial charge is 0.494 e. The monoisotopic (exact) mass is 244 g/mol. The third kappa shape index (κ3) is 3.19. The van der Waals surface area contributed by atoms with Gasteiger partial charge in [0.1, 0.15) is 5.75 Å². The summed E-state index contributed by atoms with van der Waals surface area (Å²) in [6.45, 7) is 2.93. The Morgan fingerprint density at radius 2 is 2.12 bits per heavy atom. The quantitative estimate of drug-likeness (QED) is 0.788. The lowest BCUT2D eigenvalue weighted by Gasteiger charge is -2.11. The van der Waals surface area contributed by atoms with E-state index in [2.05, 4.69) is 5.32 Å². The molecule has 0 heterocycles. The first-order chi connectivity index (χ1) is 7.49. The maximum Gasteiger partial charge on any atom is 0.238 e. The summed E-state index contributed by atoms with van der Waals surface area (Å²) in [6, 6.07) is 4.59. The second-order valence-corrected chi connectivity index (χ2v) is 4.84. The molecule has 1 rings (SSSR count). The fourth-order valence-electron chi connectivity index (χ4n) is 1.36. The molecule has 1 aromatic carbocycles. The highest BCUT2D eigenvalue weighted by Crippen LogP contribution is 2.22. The minimum Gasteiger partial charge on any atom is -0.494 e. The van der Waals surface area contributed by atoms with Crippen LogP contribution >= 0.6 is 0 Å². The van der Waals surface area contributed by atoms with Gasteiger partial charge in [0, 0.05) is 12.1 Å². The molecule has 0 radical (unpaired) electrons. The Balaban J connectivity index is 3.17. The number of nitrogens with two attached hydrogens (primary N) is 1. The molecule has 3 N–H and O–H groups in total. The summed E-state index contributed by atoms with van der Waals surface area (Å²) in [6.07, 6.45) is 0. The summed E-state index contributed by atoms with van der Waals surface area (Å²) in [7, 11) is -1.88. The number of benzene rings is 1. The van der Waals surface area contributed by atoms with E-state index in [0.29, 0.717) is 18.9 Å². The normalized spacial score (nSPS) is 11.4. The molecular formula is C10H16N2O3S.